The van der Waals surface area contributed by atoms with Gasteiger partial charge in [0.2, 0.25) is 5.91 Å². The van der Waals surface area contributed by atoms with Crippen LogP contribution in [0.2, 0.25) is 0 Å². The molecule has 1 saturated heterocycles. The fraction of sp³-hybridized carbons (Fsp3) is 0.588. The van der Waals surface area contributed by atoms with E-state index in [9.17, 15) is 4.79 Å². The minimum absolute atomic E-state index is 0.189. The first-order valence-corrected chi connectivity index (χ1v) is 7.86. The van der Waals surface area contributed by atoms with Crippen molar-refractivity contribution >= 4 is 5.91 Å². The van der Waals surface area contributed by atoms with Gasteiger partial charge in [0.1, 0.15) is 12.3 Å². The smallest absolute Gasteiger partial charge is 0.223 e. The van der Waals surface area contributed by atoms with Crippen molar-refractivity contribution < 1.29 is 14.4 Å². The number of nitrogens with one attached hydrogen (secondary N) is 2. The van der Waals surface area contributed by atoms with Gasteiger partial charge in [-0.2, -0.15) is 0 Å². The third kappa shape index (κ3) is 4.46. The zero-order valence-electron chi connectivity index (χ0n) is 13.3. The maximum absolute atomic E-state index is 12.0. The van der Waals surface area contributed by atoms with Crippen LogP contribution in [0.15, 0.2) is 24.3 Å². The molecule has 0 saturated carbocycles. The third-order valence-corrected chi connectivity index (χ3v) is 4.13. The molecule has 0 unspecified atom stereocenters. The first kappa shape index (κ1) is 15.8. The first-order valence-electron chi connectivity index (χ1n) is 7.86. The molecule has 0 bridgehead atoms. The van der Waals surface area contributed by atoms with Crippen molar-refractivity contribution in [2.75, 3.05) is 20.2 Å². The summed E-state index contributed by atoms with van der Waals surface area (Å²) in [7, 11) is 1.72. The molecule has 2 rings (SSSR count). The van der Waals surface area contributed by atoms with E-state index in [1.165, 1.54) is 10.5 Å². The number of quaternary nitrogens is 1. The lowest BCUT2D eigenvalue weighted by Crippen LogP contribution is -3.11. The van der Waals surface area contributed by atoms with Crippen molar-refractivity contribution in [1.29, 1.82) is 0 Å². The fourth-order valence-electron chi connectivity index (χ4n) is 2.99. The number of amides is 1. The average Bonchev–Trinajstić information content (AvgIpc) is 2.48. The Morgan fingerprint density at radius 2 is 2.00 bits per heavy atom. The first-order chi connectivity index (χ1) is 10.1. The predicted molar refractivity (Wildman–Crippen MR) is 83.4 cm³/mol. The number of benzene rings is 1. The highest BCUT2D eigenvalue weighted by atomic mass is 16.5. The number of para-hydroxylation sites is 1. The summed E-state index contributed by atoms with van der Waals surface area (Å²) >= 11 is 0. The topological polar surface area (TPSA) is 42.8 Å². The van der Waals surface area contributed by atoms with Crippen LogP contribution >= 0.6 is 0 Å². The molecule has 1 aromatic rings. The predicted octanol–water partition coefficient (Wildman–Crippen LogP) is 1.01. The Hall–Kier alpha value is -1.55. The number of piperidine rings is 1. The summed E-state index contributed by atoms with van der Waals surface area (Å²) in [6.45, 7) is 7.10. The van der Waals surface area contributed by atoms with E-state index in [1.807, 2.05) is 26.0 Å². The Labute approximate surface area is 127 Å². The van der Waals surface area contributed by atoms with Gasteiger partial charge in [-0.25, -0.2) is 0 Å². The summed E-state index contributed by atoms with van der Waals surface area (Å²) in [5.74, 6) is 1.37. The van der Waals surface area contributed by atoms with Gasteiger partial charge >= 0.3 is 0 Å². The summed E-state index contributed by atoms with van der Waals surface area (Å²) < 4.78 is 5.41. The van der Waals surface area contributed by atoms with Crippen molar-refractivity contribution in [1.82, 2.24) is 5.32 Å². The normalized spacial score (nSPS) is 22.1. The van der Waals surface area contributed by atoms with Crippen molar-refractivity contribution in [2.24, 2.45) is 5.92 Å². The van der Waals surface area contributed by atoms with Crippen molar-refractivity contribution in [2.45, 2.75) is 39.3 Å². The number of methoxy groups -OCH3 is 1. The maximum Gasteiger partial charge on any atom is 0.223 e. The largest absolute Gasteiger partial charge is 0.496 e. The van der Waals surface area contributed by atoms with Gasteiger partial charge in [-0.15, -0.1) is 0 Å². The molecule has 1 fully saturated rings. The Morgan fingerprint density at radius 1 is 1.33 bits per heavy atom. The molecule has 4 heteroatoms. The van der Waals surface area contributed by atoms with Gasteiger partial charge in [0, 0.05) is 30.4 Å². The minimum atomic E-state index is 0.189. The van der Waals surface area contributed by atoms with Crippen LogP contribution in [0.5, 0.6) is 5.75 Å². The van der Waals surface area contributed by atoms with Crippen LogP contribution in [0.3, 0.4) is 0 Å². The number of hydrogen-bond donors (Lipinski definition) is 2. The molecule has 1 aromatic carbocycles. The zero-order valence-corrected chi connectivity index (χ0v) is 13.3. The van der Waals surface area contributed by atoms with Gasteiger partial charge < -0.3 is 15.0 Å². The molecule has 0 atom stereocenters. The van der Waals surface area contributed by atoms with Gasteiger partial charge in [-0.05, 0) is 26.0 Å². The lowest BCUT2D eigenvalue weighted by atomic mass is 9.95. The third-order valence-electron chi connectivity index (χ3n) is 4.13. The molecular formula is C17H27N2O2+. The second-order valence-corrected chi connectivity index (χ2v) is 6.18. The summed E-state index contributed by atoms with van der Waals surface area (Å²) in [5, 5.41) is 3.03. The van der Waals surface area contributed by atoms with E-state index in [0.717, 1.165) is 38.2 Å². The van der Waals surface area contributed by atoms with Gasteiger partial charge in [-0.3, -0.25) is 4.79 Å². The minimum Gasteiger partial charge on any atom is -0.496 e. The highest BCUT2D eigenvalue weighted by Gasteiger charge is 2.28. The second-order valence-electron chi connectivity index (χ2n) is 6.18. The van der Waals surface area contributed by atoms with E-state index in [4.69, 9.17) is 4.74 Å². The van der Waals surface area contributed by atoms with Gasteiger partial charge in [0.05, 0.1) is 20.2 Å². The van der Waals surface area contributed by atoms with Gasteiger partial charge in [0.15, 0.2) is 0 Å². The zero-order chi connectivity index (χ0) is 15.2. The number of rotatable bonds is 5. The SMILES string of the molecule is COc1ccccc1C[NH+]1CCC(C(=O)NC(C)C)CC1. The number of hydrogen-bond acceptors (Lipinski definition) is 2. The lowest BCUT2D eigenvalue weighted by molar-refractivity contribution is -0.919. The second kappa shape index (κ2) is 7.46. The molecule has 0 aromatic heterocycles. The van der Waals surface area contributed by atoms with E-state index in [1.54, 1.807) is 7.11 Å². The maximum atomic E-state index is 12.0. The van der Waals surface area contributed by atoms with Gasteiger partial charge in [-0.1, -0.05) is 12.1 Å². The van der Waals surface area contributed by atoms with E-state index in [0.29, 0.717) is 0 Å². The van der Waals surface area contributed by atoms with Crippen molar-refractivity contribution in [3.05, 3.63) is 29.8 Å². The van der Waals surface area contributed by atoms with Crippen LogP contribution in [0.25, 0.3) is 0 Å². The van der Waals surface area contributed by atoms with E-state index in [-0.39, 0.29) is 17.9 Å². The lowest BCUT2D eigenvalue weighted by Gasteiger charge is -2.29. The molecule has 0 aliphatic carbocycles. The van der Waals surface area contributed by atoms with Crippen LogP contribution in [0, 0.1) is 5.92 Å². The molecule has 4 nitrogen and oxygen atoms in total. The van der Waals surface area contributed by atoms with Crippen molar-refractivity contribution in [3.8, 4) is 5.75 Å². The molecular weight excluding hydrogens is 264 g/mol. The number of carbonyl (C=O) groups is 1. The number of carbonyl (C=O) groups excluding carboxylic acids is 1. The molecule has 0 radical (unpaired) electrons. The van der Waals surface area contributed by atoms with Crippen LogP contribution in [0.1, 0.15) is 32.3 Å². The summed E-state index contributed by atoms with van der Waals surface area (Å²) in [5.41, 5.74) is 1.25. The van der Waals surface area contributed by atoms with Crippen molar-refractivity contribution in [3.63, 3.8) is 0 Å². The monoisotopic (exact) mass is 291 g/mol. The number of ether oxygens (including phenoxy) is 1. The average molecular weight is 291 g/mol. The Kier molecular flexibility index (Phi) is 5.62. The Bertz CT molecular complexity index is 466. The molecule has 2 N–H and O–H groups in total. The quantitative estimate of drug-likeness (QED) is 0.850. The van der Waals surface area contributed by atoms with Gasteiger partial charge in [0.25, 0.3) is 0 Å². The standard InChI is InChI=1S/C17H26N2O2/c1-13(2)18-17(20)14-8-10-19(11-9-14)12-15-6-4-5-7-16(15)21-3/h4-7,13-14H,8-12H2,1-3H3,(H,18,20)/p+1. The van der Waals surface area contributed by atoms with Crippen LogP contribution in [-0.2, 0) is 11.3 Å². The fourth-order valence-corrected chi connectivity index (χ4v) is 2.99. The molecule has 0 spiro atoms. The Morgan fingerprint density at radius 3 is 2.62 bits per heavy atom. The summed E-state index contributed by atoms with van der Waals surface area (Å²) in [6.07, 6.45) is 1.95. The molecule has 116 valence electrons. The van der Waals surface area contributed by atoms with Crippen LogP contribution in [-0.4, -0.2) is 32.1 Å². The highest BCUT2D eigenvalue weighted by Crippen LogP contribution is 2.17. The van der Waals surface area contributed by atoms with E-state index < -0.39 is 0 Å². The molecule has 21 heavy (non-hydrogen) atoms. The van der Waals surface area contributed by atoms with E-state index in [2.05, 4.69) is 17.4 Å². The molecule has 1 amide bonds. The number of likely N-dealkylation sites (tertiary alicyclic amines) is 1. The van der Waals surface area contributed by atoms with E-state index >= 15 is 0 Å². The Balaban J connectivity index is 1.85. The summed E-state index contributed by atoms with van der Waals surface area (Å²) in [4.78, 5) is 13.6. The molecule has 1 aliphatic rings. The molecule has 1 aliphatic heterocycles. The highest BCUT2D eigenvalue weighted by molar-refractivity contribution is 5.78. The summed E-state index contributed by atoms with van der Waals surface area (Å²) in [6, 6.07) is 8.43. The van der Waals surface area contributed by atoms with Crippen LogP contribution < -0.4 is 15.0 Å². The molecule has 1 heterocycles. The van der Waals surface area contributed by atoms with Crippen LogP contribution in [0.4, 0.5) is 0 Å².